The highest BCUT2D eigenvalue weighted by molar-refractivity contribution is 4.91. The highest BCUT2D eigenvalue weighted by Gasteiger charge is 2.48. The fraction of sp³-hybridized carbons (Fsp3) is 1.00. The lowest BCUT2D eigenvalue weighted by Gasteiger charge is -2.34. The lowest BCUT2D eigenvalue weighted by atomic mass is 9.84. The summed E-state index contributed by atoms with van der Waals surface area (Å²) in [4.78, 5) is 2.01. The van der Waals surface area contributed by atoms with E-state index in [0.29, 0.717) is 25.9 Å². The molecule has 0 spiro atoms. The molecule has 0 aromatic heterocycles. The lowest BCUT2D eigenvalue weighted by molar-refractivity contribution is -0.110. The largest absolute Gasteiger partial charge is 0.316 e. The summed E-state index contributed by atoms with van der Waals surface area (Å²) in [6, 6.07) is 0. The zero-order valence-corrected chi connectivity index (χ0v) is 9.31. The number of nitrogens with one attached hydrogen (secondary N) is 1. The zero-order valence-electron chi connectivity index (χ0n) is 9.31. The van der Waals surface area contributed by atoms with Gasteiger partial charge < -0.3 is 10.2 Å². The van der Waals surface area contributed by atoms with E-state index in [4.69, 9.17) is 0 Å². The monoisotopic (exact) mass is 218 g/mol. The van der Waals surface area contributed by atoms with Crippen molar-refractivity contribution in [2.45, 2.75) is 25.2 Å². The minimum Gasteiger partial charge on any atom is -0.316 e. The van der Waals surface area contributed by atoms with Crippen LogP contribution in [0.15, 0.2) is 0 Å². The summed E-state index contributed by atoms with van der Waals surface area (Å²) in [5, 5.41) is 3.08. The second kappa shape index (κ2) is 4.34. The van der Waals surface area contributed by atoms with Gasteiger partial charge in [-0.1, -0.05) is 0 Å². The van der Waals surface area contributed by atoms with Gasteiger partial charge in [-0.2, -0.15) is 0 Å². The highest BCUT2D eigenvalue weighted by Crippen LogP contribution is 2.40. The Hall–Kier alpha value is -0.220. The molecule has 0 aliphatic carbocycles. The maximum absolute atomic E-state index is 14.1. The number of halogens is 2. The predicted octanol–water partition coefficient (Wildman–Crippen LogP) is 1.57. The van der Waals surface area contributed by atoms with Crippen LogP contribution in [0.1, 0.15) is 19.3 Å². The minimum absolute atomic E-state index is 0.424. The standard InChI is InChI=1S/C11H20F2N2/c1-15-6-4-10(8-15)11(12,13)9-3-2-5-14-7-9/h9-10,14H,2-8H2,1H3. The third-order valence-electron chi connectivity index (χ3n) is 3.78. The van der Waals surface area contributed by atoms with Crippen molar-refractivity contribution in [1.29, 1.82) is 0 Å². The number of alkyl halides is 2. The molecule has 2 fully saturated rings. The molecule has 88 valence electrons. The molecule has 2 saturated heterocycles. The highest BCUT2D eigenvalue weighted by atomic mass is 19.3. The van der Waals surface area contributed by atoms with E-state index in [1.54, 1.807) is 0 Å². The summed E-state index contributed by atoms with van der Waals surface area (Å²) in [6.45, 7) is 2.77. The van der Waals surface area contributed by atoms with E-state index >= 15 is 0 Å². The molecule has 2 rings (SSSR count). The molecule has 2 aliphatic heterocycles. The van der Waals surface area contributed by atoms with Crippen molar-refractivity contribution >= 4 is 0 Å². The minimum atomic E-state index is -2.47. The van der Waals surface area contributed by atoms with Gasteiger partial charge in [-0.15, -0.1) is 0 Å². The molecule has 2 unspecified atom stereocenters. The van der Waals surface area contributed by atoms with Crippen LogP contribution in [0.25, 0.3) is 0 Å². The molecule has 2 nitrogen and oxygen atoms in total. The van der Waals surface area contributed by atoms with Gasteiger partial charge in [0, 0.05) is 24.9 Å². The van der Waals surface area contributed by atoms with Gasteiger partial charge in [0.1, 0.15) is 0 Å². The van der Waals surface area contributed by atoms with E-state index in [2.05, 4.69) is 5.32 Å². The third kappa shape index (κ3) is 2.31. The van der Waals surface area contributed by atoms with E-state index in [-0.39, 0.29) is 0 Å². The number of hydrogen-bond acceptors (Lipinski definition) is 2. The van der Waals surface area contributed by atoms with E-state index in [1.807, 2.05) is 11.9 Å². The van der Waals surface area contributed by atoms with Gasteiger partial charge >= 0.3 is 0 Å². The Bertz CT molecular complexity index is 208. The second-order valence-corrected chi connectivity index (χ2v) is 4.97. The zero-order chi connectivity index (χ0) is 10.9. The topological polar surface area (TPSA) is 15.3 Å². The van der Waals surface area contributed by atoms with Crippen LogP contribution in [0.5, 0.6) is 0 Å². The van der Waals surface area contributed by atoms with Crippen molar-refractivity contribution in [1.82, 2.24) is 10.2 Å². The number of rotatable bonds is 2. The van der Waals surface area contributed by atoms with Gasteiger partial charge in [0.05, 0.1) is 0 Å². The van der Waals surface area contributed by atoms with Crippen LogP contribution in [0.2, 0.25) is 0 Å². The smallest absolute Gasteiger partial charge is 0.256 e. The number of hydrogen-bond donors (Lipinski definition) is 1. The van der Waals surface area contributed by atoms with E-state index in [0.717, 1.165) is 19.5 Å². The van der Waals surface area contributed by atoms with Gasteiger partial charge in [-0.05, 0) is 39.4 Å². The Labute approximate surface area is 90.0 Å². The van der Waals surface area contributed by atoms with Crippen LogP contribution >= 0.6 is 0 Å². The Morgan fingerprint density at radius 1 is 1.27 bits per heavy atom. The summed E-state index contributed by atoms with van der Waals surface area (Å²) in [5.74, 6) is -3.34. The molecule has 4 heteroatoms. The molecule has 0 aromatic carbocycles. The van der Waals surface area contributed by atoms with Crippen molar-refractivity contribution in [3.63, 3.8) is 0 Å². The predicted molar refractivity (Wildman–Crippen MR) is 56.1 cm³/mol. The first-order valence-corrected chi connectivity index (χ1v) is 5.88. The maximum Gasteiger partial charge on any atom is 0.256 e. The molecule has 0 saturated carbocycles. The summed E-state index contributed by atoms with van der Waals surface area (Å²) in [5.41, 5.74) is 0. The van der Waals surface area contributed by atoms with Crippen LogP contribution < -0.4 is 5.32 Å². The lowest BCUT2D eigenvalue weighted by Crippen LogP contribution is -2.45. The maximum atomic E-state index is 14.1. The first kappa shape index (κ1) is 11.3. The average Bonchev–Trinajstić information content (AvgIpc) is 2.67. The molecule has 0 bridgehead atoms. The first-order chi connectivity index (χ1) is 7.10. The third-order valence-corrected chi connectivity index (χ3v) is 3.78. The molecule has 0 aromatic rings. The first-order valence-electron chi connectivity index (χ1n) is 5.88. The second-order valence-electron chi connectivity index (χ2n) is 4.97. The Morgan fingerprint density at radius 2 is 2.07 bits per heavy atom. The van der Waals surface area contributed by atoms with E-state index in [9.17, 15) is 8.78 Å². The van der Waals surface area contributed by atoms with Gasteiger partial charge in [-0.3, -0.25) is 0 Å². The van der Waals surface area contributed by atoms with E-state index in [1.165, 1.54) is 0 Å². The fourth-order valence-electron chi connectivity index (χ4n) is 2.76. The van der Waals surface area contributed by atoms with Gasteiger partial charge in [0.25, 0.3) is 5.92 Å². The molecule has 2 atom stereocenters. The van der Waals surface area contributed by atoms with Crippen LogP contribution in [0, 0.1) is 11.8 Å². The average molecular weight is 218 g/mol. The molecular weight excluding hydrogens is 198 g/mol. The van der Waals surface area contributed by atoms with E-state index < -0.39 is 17.8 Å². The summed E-state index contributed by atoms with van der Waals surface area (Å²) >= 11 is 0. The Kier molecular flexibility index (Phi) is 3.26. The summed E-state index contributed by atoms with van der Waals surface area (Å²) in [7, 11) is 1.93. The quantitative estimate of drug-likeness (QED) is 0.757. The van der Waals surface area contributed by atoms with Gasteiger partial charge in [0.15, 0.2) is 0 Å². The molecule has 2 heterocycles. The Balaban J connectivity index is 1.97. The van der Waals surface area contributed by atoms with Gasteiger partial charge in [-0.25, -0.2) is 8.78 Å². The van der Waals surface area contributed by atoms with Gasteiger partial charge in [0.2, 0.25) is 0 Å². The number of nitrogens with zero attached hydrogens (tertiary/aromatic N) is 1. The summed E-state index contributed by atoms with van der Waals surface area (Å²) < 4.78 is 28.2. The van der Waals surface area contributed by atoms with Crippen LogP contribution in [-0.2, 0) is 0 Å². The van der Waals surface area contributed by atoms with Crippen molar-refractivity contribution in [3.8, 4) is 0 Å². The van der Waals surface area contributed by atoms with Crippen LogP contribution in [0.4, 0.5) is 8.78 Å². The summed E-state index contributed by atoms with van der Waals surface area (Å²) in [6.07, 6.45) is 2.23. The molecule has 0 amide bonds. The SMILES string of the molecule is CN1CCC(C(F)(F)C2CCCNC2)C1. The molecule has 2 aliphatic rings. The Morgan fingerprint density at radius 3 is 2.60 bits per heavy atom. The number of likely N-dealkylation sites (tertiary alicyclic amines) is 1. The van der Waals surface area contributed by atoms with Crippen molar-refractivity contribution in [2.75, 3.05) is 33.2 Å². The van der Waals surface area contributed by atoms with Crippen molar-refractivity contribution < 1.29 is 8.78 Å². The van der Waals surface area contributed by atoms with Crippen LogP contribution in [0.3, 0.4) is 0 Å². The molecule has 0 radical (unpaired) electrons. The molecule has 1 N–H and O–H groups in total. The molecular formula is C11H20F2N2. The fourth-order valence-corrected chi connectivity index (χ4v) is 2.76. The normalized spacial score (nSPS) is 34.6. The number of piperidine rings is 1. The van der Waals surface area contributed by atoms with Crippen LogP contribution in [-0.4, -0.2) is 44.0 Å². The van der Waals surface area contributed by atoms with Crippen molar-refractivity contribution in [3.05, 3.63) is 0 Å². The van der Waals surface area contributed by atoms with Crippen molar-refractivity contribution in [2.24, 2.45) is 11.8 Å². The molecule has 15 heavy (non-hydrogen) atoms.